The van der Waals surface area contributed by atoms with Gasteiger partial charge in [-0.1, -0.05) is 59.3 Å². The lowest BCUT2D eigenvalue weighted by Gasteiger charge is -2.25. The van der Waals surface area contributed by atoms with Crippen LogP contribution in [0.4, 0.5) is 0 Å². The molecule has 3 aromatic rings. The molecule has 0 amide bonds. The number of rotatable bonds is 3. The van der Waals surface area contributed by atoms with Crippen LogP contribution in [0.15, 0.2) is 53.1 Å². The van der Waals surface area contributed by atoms with Crippen molar-refractivity contribution in [3.63, 3.8) is 0 Å². The number of nitrogens with zero attached hydrogens (tertiary/aromatic N) is 1. The van der Waals surface area contributed by atoms with Crippen LogP contribution in [0.25, 0.3) is 12.2 Å². The molecule has 5 rings (SSSR count). The number of hydrogen-bond acceptors (Lipinski definition) is 1. The van der Waals surface area contributed by atoms with E-state index in [1.54, 1.807) is 11.1 Å². The lowest BCUT2D eigenvalue weighted by atomic mass is 9.79. The molecule has 29 heavy (non-hydrogen) atoms. The summed E-state index contributed by atoms with van der Waals surface area (Å²) in [6.07, 6.45) is 11.6. The molecular weight excluding hydrogens is 418 g/mol. The minimum Gasteiger partial charge on any atom is -0.261 e. The highest BCUT2D eigenvalue weighted by Gasteiger charge is 2.21. The maximum atomic E-state index is 4.49. The van der Waals surface area contributed by atoms with Crippen molar-refractivity contribution in [2.75, 3.05) is 0 Å². The van der Waals surface area contributed by atoms with Gasteiger partial charge in [-0.25, -0.2) is 0 Å². The molecule has 2 aliphatic rings. The summed E-state index contributed by atoms with van der Waals surface area (Å²) in [4.78, 5) is 4.49. The van der Waals surface area contributed by atoms with Crippen LogP contribution in [-0.2, 0) is 12.8 Å². The van der Waals surface area contributed by atoms with Crippen molar-refractivity contribution in [2.45, 2.75) is 45.4 Å². The van der Waals surface area contributed by atoms with Crippen molar-refractivity contribution in [1.29, 1.82) is 0 Å². The fraction of sp³-hybridized carbons (Fsp3) is 0.296. The van der Waals surface area contributed by atoms with Gasteiger partial charge in [0.15, 0.2) is 0 Å². The van der Waals surface area contributed by atoms with E-state index in [1.807, 2.05) is 13.1 Å². The fourth-order valence-electron chi connectivity index (χ4n) is 4.95. The van der Waals surface area contributed by atoms with Gasteiger partial charge in [-0.2, -0.15) is 0 Å². The van der Waals surface area contributed by atoms with Crippen molar-refractivity contribution in [3.05, 3.63) is 96.4 Å². The van der Waals surface area contributed by atoms with Crippen molar-refractivity contribution in [3.8, 4) is 0 Å². The molecule has 0 fully saturated rings. The van der Waals surface area contributed by atoms with Gasteiger partial charge in [0.2, 0.25) is 0 Å². The normalized spacial score (nSPS) is 19.4. The number of hydrogen-bond donors (Lipinski definition) is 0. The molecule has 2 atom stereocenters. The topological polar surface area (TPSA) is 12.9 Å². The summed E-state index contributed by atoms with van der Waals surface area (Å²) in [5.74, 6) is 1.12. The van der Waals surface area contributed by atoms with Crippen LogP contribution in [0.2, 0.25) is 0 Å². The highest BCUT2D eigenvalue weighted by molar-refractivity contribution is 9.10. The fourth-order valence-corrected chi connectivity index (χ4v) is 5.33. The zero-order valence-corrected chi connectivity index (χ0v) is 18.7. The first-order chi connectivity index (χ1) is 14.1. The average molecular weight is 444 g/mol. The third-order valence-electron chi connectivity index (χ3n) is 6.48. The molecule has 146 valence electrons. The first-order valence-corrected chi connectivity index (χ1v) is 11.4. The largest absolute Gasteiger partial charge is 0.261 e. The van der Waals surface area contributed by atoms with Crippen LogP contribution in [0.1, 0.15) is 48.1 Å². The average Bonchev–Trinajstić information content (AvgIpc) is 2.72. The third kappa shape index (κ3) is 3.59. The number of aromatic nitrogens is 1. The van der Waals surface area contributed by atoms with E-state index in [4.69, 9.17) is 0 Å². The quantitative estimate of drug-likeness (QED) is 0.534. The van der Waals surface area contributed by atoms with E-state index >= 15 is 0 Å². The minimum absolute atomic E-state index is 0.449. The molecule has 0 aliphatic heterocycles. The van der Waals surface area contributed by atoms with Crippen LogP contribution in [0.3, 0.4) is 0 Å². The van der Waals surface area contributed by atoms with Crippen LogP contribution in [-0.4, -0.2) is 4.98 Å². The maximum absolute atomic E-state index is 4.49. The Balaban J connectivity index is 1.67. The van der Waals surface area contributed by atoms with Gasteiger partial charge in [0.1, 0.15) is 0 Å². The molecule has 0 N–H and O–H groups in total. The van der Waals surface area contributed by atoms with E-state index in [-0.39, 0.29) is 0 Å². The maximum Gasteiger partial charge on any atom is 0.0372 e. The Morgan fingerprint density at radius 2 is 1.86 bits per heavy atom. The summed E-state index contributed by atoms with van der Waals surface area (Å²) in [6, 6.07) is 15.8. The third-order valence-corrected chi connectivity index (χ3v) is 6.97. The van der Waals surface area contributed by atoms with Crippen LogP contribution >= 0.6 is 15.9 Å². The van der Waals surface area contributed by atoms with Gasteiger partial charge in [-0.3, -0.25) is 4.98 Å². The standard InChI is InChI=1S/C27H26BrN/c1-17-3-10-25-20(13-17)8-11-26-24-12-9-23(28)15-22(24)14-21(27(25)26)7-6-19-5-4-18(2)29-16-19/h4-5,8-9,11-17,21H,3,6-7,10H2,1-2H3. The van der Waals surface area contributed by atoms with Crippen molar-refractivity contribution >= 4 is 28.1 Å². The molecule has 0 saturated carbocycles. The molecule has 0 radical (unpaired) electrons. The van der Waals surface area contributed by atoms with E-state index in [0.29, 0.717) is 11.8 Å². The molecule has 2 unspecified atom stereocenters. The molecule has 2 aromatic carbocycles. The lowest BCUT2D eigenvalue weighted by Crippen LogP contribution is -2.24. The monoisotopic (exact) mass is 443 g/mol. The Labute approximate surface area is 180 Å². The second-order valence-electron chi connectivity index (χ2n) is 8.63. The molecule has 0 spiro atoms. The van der Waals surface area contributed by atoms with Gasteiger partial charge < -0.3 is 0 Å². The zero-order valence-electron chi connectivity index (χ0n) is 17.1. The summed E-state index contributed by atoms with van der Waals surface area (Å²) in [7, 11) is 0. The Kier molecular flexibility index (Phi) is 4.91. The second-order valence-corrected chi connectivity index (χ2v) is 9.54. The smallest absolute Gasteiger partial charge is 0.0372 e. The van der Waals surface area contributed by atoms with Crippen LogP contribution < -0.4 is 10.4 Å². The van der Waals surface area contributed by atoms with Crippen molar-refractivity contribution in [1.82, 2.24) is 4.98 Å². The molecular formula is C27H26BrN. The summed E-state index contributed by atoms with van der Waals surface area (Å²) < 4.78 is 1.15. The molecule has 2 heteroatoms. The molecule has 2 aliphatic carbocycles. The lowest BCUT2D eigenvalue weighted by molar-refractivity contribution is 0.646. The number of halogens is 1. The summed E-state index contributed by atoms with van der Waals surface area (Å²) in [6.45, 7) is 4.39. The number of fused-ring (bicyclic) bond motifs is 4. The van der Waals surface area contributed by atoms with E-state index in [0.717, 1.165) is 23.0 Å². The first kappa shape index (κ1) is 18.8. The molecule has 0 saturated heterocycles. The van der Waals surface area contributed by atoms with E-state index in [9.17, 15) is 0 Å². The molecule has 1 heterocycles. The second kappa shape index (κ2) is 7.57. The highest BCUT2D eigenvalue weighted by atomic mass is 79.9. The Morgan fingerprint density at radius 1 is 1.00 bits per heavy atom. The van der Waals surface area contributed by atoms with Crippen molar-refractivity contribution < 1.29 is 0 Å². The van der Waals surface area contributed by atoms with Crippen LogP contribution in [0, 0.1) is 23.3 Å². The number of benzene rings is 2. The first-order valence-electron chi connectivity index (χ1n) is 10.7. The van der Waals surface area contributed by atoms with E-state index < -0.39 is 0 Å². The van der Waals surface area contributed by atoms with E-state index in [2.05, 4.69) is 82.5 Å². The summed E-state index contributed by atoms with van der Waals surface area (Å²) in [5, 5.41) is 5.62. The number of pyridine rings is 1. The van der Waals surface area contributed by atoms with Crippen molar-refractivity contribution in [2.24, 2.45) is 5.92 Å². The zero-order chi connectivity index (χ0) is 20.0. The Hall–Kier alpha value is -2.19. The van der Waals surface area contributed by atoms with Gasteiger partial charge in [0, 0.05) is 22.3 Å². The molecule has 1 aromatic heterocycles. The van der Waals surface area contributed by atoms with Crippen LogP contribution in [0.5, 0.6) is 0 Å². The highest BCUT2D eigenvalue weighted by Crippen LogP contribution is 2.31. The summed E-state index contributed by atoms with van der Waals surface area (Å²) in [5.41, 5.74) is 5.56. The van der Waals surface area contributed by atoms with Gasteiger partial charge >= 0.3 is 0 Å². The van der Waals surface area contributed by atoms with Gasteiger partial charge in [-0.05, 0) is 94.3 Å². The predicted molar refractivity (Wildman–Crippen MR) is 124 cm³/mol. The Bertz CT molecular complexity index is 1290. The SMILES string of the molecule is Cc1ccc(CCC2C=c3cc(Br)ccc3=c3ccc4c(c32)CCC(C)C=4)cn1. The molecule has 1 nitrogen and oxygen atoms in total. The Morgan fingerprint density at radius 3 is 2.69 bits per heavy atom. The van der Waals surface area contributed by atoms with Gasteiger partial charge in [0.05, 0.1) is 0 Å². The summed E-state index contributed by atoms with van der Waals surface area (Å²) >= 11 is 3.67. The van der Waals surface area contributed by atoms with Gasteiger partial charge in [0.25, 0.3) is 0 Å². The van der Waals surface area contributed by atoms with Gasteiger partial charge in [-0.15, -0.1) is 0 Å². The number of aryl methyl sites for hydroxylation is 2. The predicted octanol–water partition coefficient (Wildman–Crippen LogP) is 5.31. The van der Waals surface area contributed by atoms with E-state index in [1.165, 1.54) is 39.3 Å². The minimum atomic E-state index is 0.449. The molecule has 0 bridgehead atoms.